The summed E-state index contributed by atoms with van der Waals surface area (Å²) in [4.78, 5) is 0. The van der Waals surface area contributed by atoms with Crippen molar-refractivity contribution in [2.45, 2.75) is 26.7 Å². The van der Waals surface area contributed by atoms with Crippen molar-refractivity contribution in [3.8, 4) is 0 Å². The van der Waals surface area contributed by atoms with E-state index in [2.05, 4.69) is 30.5 Å². The minimum Gasteiger partial charge on any atom is -0.391 e. The fourth-order valence-electron chi connectivity index (χ4n) is 0.779. The largest absolute Gasteiger partial charge is 0.391 e. The van der Waals surface area contributed by atoms with Gasteiger partial charge in [0.1, 0.15) is 0 Å². The number of nitrogens with one attached hydrogen (secondary N) is 1. The van der Waals surface area contributed by atoms with E-state index in [9.17, 15) is 0 Å². The van der Waals surface area contributed by atoms with Gasteiger partial charge >= 0.3 is 0 Å². The lowest BCUT2D eigenvalue weighted by Crippen LogP contribution is -2.04. The molecule has 0 spiro atoms. The molecule has 0 bridgehead atoms. The molecule has 0 rings (SSSR count). The number of allylic oxidation sites excluding steroid dienone is 3. The van der Waals surface area contributed by atoms with Crippen molar-refractivity contribution in [3.05, 3.63) is 23.9 Å². The smallest absolute Gasteiger partial charge is 0.0102 e. The second-order valence-corrected chi connectivity index (χ2v) is 2.16. The molecule has 0 aliphatic rings. The van der Waals surface area contributed by atoms with E-state index in [1.54, 1.807) is 0 Å². The molecule has 58 valence electrons. The Balaban J connectivity index is 3.71. The summed E-state index contributed by atoms with van der Waals surface area (Å²) in [6, 6.07) is 0. The Bertz CT molecular complexity index is 123. The van der Waals surface area contributed by atoms with Crippen LogP contribution < -0.4 is 5.32 Å². The van der Waals surface area contributed by atoms with Gasteiger partial charge in [-0.05, 0) is 13.3 Å². The van der Waals surface area contributed by atoms with Crippen LogP contribution in [0.25, 0.3) is 0 Å². The molecular formula is C9H17N. The molecule has 0 fully saturated rings. The number of hydrogen-bond donors (Lipinski definition) is 1. The zero-order valence-corrected chi connectivity index (χ0v) is 7.15. The summed E-state index contributed by atoms with van der Waals surface area (Å²) < 4.78 is 0. The first-order valence-electron chi connectivity index (χ1n) is 3.83. The van der Waals surface area contributed by atoms with E-state index in [4.69, 9.17) is 0 Å². The summed E-state index contributed by atoms with van der Waals surface area (Å²) in [7, 11) is 1.96. The highest BCUT2D eigenvalue weighted by molar-refractivity contribution is 5.03. The first-order valence-corrected chi connectivity index (χ1v) is 3.83. The zero-order valence-electron chi connectivity index (χ0n) is 7.15. The van der Waals surface area contributed by atoms with Gasteiger partial charge in [-0.3, -0.25) is 0 Å². The monoisotopic (exact) mass is 139 g/mol. The second-order valence-electron chi connectivity index (χ2n) is 2.16. The van der Waals surface area contributed by atoms with E-state index in [1.165, 1.54) is 5.70 Å². The van der Waals surface area contributed by atoms with Gasteiger partial charge in [0.25, 0.3) is 0 Å². The maximum Gasteiger partial charge on any atom is 0.0102 e. The van der Waals surface area contributed by atoms with Gasteiger partial charge in [0.05, 0.1) is 0 Å². The summed E-state index contributed by atoms with van der Waals surface area (Å²) in [5.74, 6) is 0. The molecule has 0 heterocycles. The first kappa shape index (κ1) is 9.28. The summed E-state index contributed by atoms with van der Waals surface area (Å²) in [6.45, 7) is 4.19. The molecule has 0 amide bonds. The van der Waals surface area contributed by atoms with Gasteiger partial charge in [0.2, 0.25) is 0 Å². The maximum absolute atomic E-state index is 3.15. The van der Waals surface area contributed by atoms with Crippen LogP contribution in [-0.2, 0) is 0 Å². The third-order valence-corrected chi connectivity index (χ3v) is 1.35. The van der Waals surface area contributed by atoms with Crippen molar-refractivity contribution in [3.63, 3.8) is 0 Å². The SMILES string of the molecule is C/C=C\C/C(=C\CC)NC. The van der Waals surface area contributed by atoms with E-state index in [0.29, 0.717) is 0 Å². The number of hydrogen-bond acceptors (Lipinski definition) is 1. The lowest BCUT2D eigenvalue weighted by atomic mass is 10.2. The lowest BCUT2D eigenvalue weighted by Gasteiger charge is -2.01. The second kappa shape index (κ2) is 6.40. The van der Waals surface area contributed by atoms with Crippen molar-refractivity contribution in [2.75, 3.05) is 7.05 Å². The van der Waals surface area contributed by atoms with E-state index in [1.807, 2.05) is 14.0 Å². The minimum atomic E-state index is 1.03. The van der Waals surface area contributed by atoms with Crippen LogP contribution in [0.3, 0.4) is 0 Å². The molecule has 1 N–H and O–H groups in total. The normalized spacial score (nSPS) is 12.5. The highest BCUT2D eigenvalue weighted by atomic mass is 14.8. The zero-order chi connectivity index (χ0) is 7.82. The molecular weight excluding hydrogens is 122 g/mol. The van der Waals surface area contributed by atoms with Crippen molar-refractivity contribution in [1.82, 2.24) is 5.32 Å². The van der Waals surface area contributed by atoms with E-state index in [0.717, 1.165) is 12.8 Å². The third-order valence-electron chi connectivity index (χ3n) is 1.35. The number of rotatable bonds is 4. The average Bonchev–Trinajstić information content (AvgIpc) is 1.98. The van der Waals surface area contributed by atoms with Crippen LogP contribution in [0, 0.1) is 0 Å². The van der Waals surface area contributed by atoms with E-state index in [-0.39, 0.29) is 0 Å². The van der Waals surface area contributed by atoms with Gasteiger partial charge in [-0.15, -0.1) is 0 Å². The predicted molar refractivity (Wildman–Crippen MR) is 46.9 cm³/mol. The van der Waals surface area contributed by atoms with Crippen molar-refractivity contribution < 1.29 is 0 Å². The summed E-state index contributed by atoms with van der Waals surface area (Å²) in [6.07, 6.45) is 8.56. The standard InChI is InChI=1S/C9H17N/c1-4-6-8-9(10-3)7-5-2/h4,6-7,10H,5,8H2,1-3H3/b6-4-,9-7+. The molecule has 0 aromatic carbocycles. The van der Waals surface area contributed by atoms with Gasteiger partial charge in [-0.25, -0.2) is 0 Å². The fraction of sp³-hybridized carbons (Fsp3) is 0.556. The van der Waals surface area contributed by atoms with Crippen molar-refractivity contribution in [2.24, 2.45) is 0 Å². The first-order chi connectivity index (χ1) is 4.85. The topological polar surface area (TPSA) is 12.0 Å². The fourth-order valence-corrected chi connectivity index (χ4v) is 0.779. The summed E-state index contributed by atoms with van der Waals surface area (Å²) in [5, 5.41) is 3.15. The molecule has 0 saturated carbocycles. The third kappa shape index (κ3) is 4.19. The average molecular weight is 139 g/mol. The Morgan fingerprint density at radius 3 is 2.60 bits per heavy atom. The van der Waals surface area contributed by atoms with Gasteiger partial charge in [0.15, 0.2) is 0 Å². The van der Waals surface area contributed by atoms with Crippen LogP contribution in [0.5, 0.6) is 0 Å². The molecule has 0 unspecified atom stereocenters. The van der Waals surface area contributed by atoms with Crippen LogP contribution in [0.2, 0.25) is 0 Å². The van der Waals surface area contributed by atoms with Crippen molar-refractivity contribution in [1.29, 1.82) is 0 Å². The molecule has 0 aliphatic carbocycles. The maximum atomic E-state index is 3.15. The Hall–Kier alpha value is -0.720. The summed E-state index contributed by atoms with van der Waals surface area (Å²) in [5.41, 5.74) is 1.31. The lowest BCUT2D eigenvalue weighted by molar-refractivity contribution is 0.919. The Kier molecular flexibility index (Phi) is 5.94. The molecule has 1 nitrogen and oxygen atoms in total. The molecule has 0 atom stereocenters. The van der Waals surface area contributed by atoms with Crippen LogP contribution in [0.4, 0.5) is 0 Å². The summed E-state index contributed by atoms with van der Waals surface area (Å²) >= 11 is 0. The van der Waals surface area contributed by atoms with Crippen molar-refractivity contribution >= 4 is 0 Å². The molecule has 0 aliphatic heterocycles. The van der Waals surface area contributed by atoms with Gasteiger partial charge < -0.3 is 5.32 Å². The molecule has 0 aromatic rings. The van der Waals surface area contributed by atoms with E-state index >= 15 is 0 Å². The van der Waals surface area contributed by atoms with E-state index < -0.39 is 0 Å². The molecule has 0 radical (unpaired) electrons. The van der Waals surface area contributed by atoms with Crippen LogP contribution in [0.15, 0.2) is 23.9 Å². The van der Waals surface area contributed by atoms with Gasteiger partial charge in [0, 0.05) is 19.2 Å². The molecule has 1 heteroatoms. The van der Waals surface area contributed by atoms with Crippen LogP contribution in [-0.4, -0.2) is 7.05 Å². The van der Waals surface area contributed by atoms with Crippen LogP contribution >= 0.6 is 0 Å². The Labute approximate surface area is 63.8 Å². The Morgan fingerprint density at radius 1 is 1.50 bits per heavy atom. The Morgan fingerprint density at radius 2 is 2.20 bits per heavy atom. The predicted octanol–water partition coefficient (Wildman–Crippen LogP) is 2.47. The molecule has 10 heavy (non-hydrogen) atoms. The molecule has 0 saturated heterocycles. The quantitative estimate of drug-likeness (QED) is 0.590. The van der Waals surface area contributed by atoms with Gasteiger partial charge in [-0.1, -0.05) is 25.2 Å². The highest BCUT2D eigenvalue weighted by Crippen LogP contribution is 1.98. The highest BCUT2D eigenvalue weighted by Gasteiger charge is 1.85. The minimum absolute atomic E-state index is 1.03. The van der Waals surface area contributed by atoms with Gasteiger partial charge in [-0.2, -0.15) is 0 Å². The molecule has 0 aromatic heterocycles. The van der Waals surface area contributed by atoms with Crippen LogP contribution in [0.1, 0.15) is 26.7 Å².